The molecular weight excluding hydrogens is 496 g/mol. The highest BCUT2D eigenvalue weighted by atomic mass is 32.1. The average molecular weight is 515 g/mol. The Morgan fingerprint density at radius 3 is 2.30 bits per heavy atom. The molecule has 184 valence electrons. The molecule has 0 saturated carbocycles. The number of nitrogens with zero attached hydrogens (tertiary/aromatic N) is 3. The maximum atomic E-state index is 12.8. The Kier molecular flexibility index (Phi) is 6.43. The maximum Gasteiger partial charge on any atom is 0.338 e. The summed E-state index contributed by atoms with van der Waals surface area (Å²) in [7, 11) is 0. The standard InChI is InChI=1S/C26H18N4O6S/c1-15-28-29-26(37-15)30-23(32)20-12-7-16(13-21(20)24(30)33)25(34)35-14-22(31)27-17-8-10-19(11-9-17)36-18-5-3-2-4-6-18/h2-13H,14H2,1H3,(H,27,31). The molecule has 0 bridgehead atoms. The van der Waals surface area contributed by atoms with Gasteiger partial charge in [0.05, 0.1) is 16.7 Å². The van der Waals surface area contributed by atoms with Gasteiger partial charge in [-0.05, 0) is 61.5 Å². The topological polar surface area (TPSA) is 128 Å². The highest BCUT2D eigenvalue weighted by molar-refractivity contribution is 7.15. The van der Waals surface area contributed by atoms with Crippen LogP contribution in [0.25, 0.3) is 0 Å². The Hall–Kier alpha value is -4.90. The molecule has 5 rings (SSSR count). The first-order valence-electron chi connectivity index (χ1n) is 11.0. The van der Waals surface area contributed by atoms with Gasteiger partial charge in [0.15, 0.2) is 6.61 Å². The summed E-state index contributed by atoms with van der Waals surface area (Å²) >= 11 is 1.11. The molecule has 0 aliphatic carbocycles. The van der Waals surface area contributed by atoms with Crippen LogP contribution in [0.4, 0.5) is 10.8 Å². The molecule has 11 heteroatoms. The Bertz CT molecular complexity index is 1520. The summed E-state index contributed by atoms with van der Waals surface area (Å²) in [6, 6.07) is 20.0. The van der Waals surface area contributed by atoms with Crippen molar-refractivity contribution < 1.29 is 28.7 Å². The lowest BCUT2D eigenvalue weighted by molar-refractivity contribution is -0.119. The summed E-state index contributed by atoms with van der Waals surface area (Å²) in [5.41, 5.74) is 0.724. The number of fused-ring (bicyclic) bond motifs is 1. The molecule has 1 aliphatic rings. The summed E-state index contributed by atoms with van der Waals surface area (Å²) in [4.78, 5) is 51.2. The Morgan fingerprint density at radius 2 is 1.59 bits per heavy atom. The van der Waals surface area contributed by atoms with E-state index in [1.165, 1.54) is 18.2 Å². The van der Waals surface area contributed by atoms with Crippen LogP contribution >= 0.6 is 11.3 Å². The molecule has 0 spiro atoms. The highest BCUT2D eigenvalue weighted by Crippen LogP contribution is 2.31. The van der Waals surface area contributed by atoms with E-state index in [1.54, 1.807) is 31.2 Å². The molecule has 1 aliphatic heterocycles. The number of imide groups is 1. The zero-order valence-electron chi connectivity index (χ0n) is 19.3. The SMILES string of the molecule is Cc1nnc(N2C(=O)c3ccc(C(=O)OCC(=O)Nc4ccc(Oc5ccccc5)cc4)cc3C2=O)s1. The van der Waals surface area contributed by atoms with E-state index in [9.17, 15) is 19.2 Å². The summed E-state index contributed by atoms with van der Waals surface area (Å²) in [5, 5.41) is 11.1. The quantitative estimate of drug-likeness (QED) is 0.287. The number of ether oxygens (including phenoxy) is 2. The largest absolute Gasteiger partial charge is 0.457 e. The lowest BCUT2D eigenvalue weighted by atomic mass is 10.1. The zero-order chi connectivity index (χ0) is 25.9. The van der Waals surface area contributed by atoms with Crippen molar-refractivity contribution in [1.29, 1.82) is 0 Å². The molecule has 0 fully saturated rings. The first-order valence-corrected chi connectivity index (χ1v) is 11.8. The van der Waals surface area contributed by atoms with Crippen LogP contribution in [-0.2, 0) is 9.53 Å². The van der Waals surface area contributed by atoms with Crippen molar-refractivity contribution in [2.75, 3.05) is 16.8 Å². The molecule has 0 atom stereocenters. The number of hydrogen-bond acceptors (Lipinski definition) is 9. The first-order chi connectivity index (χ1) is 17.9. The second-order valence-corrected chi connectivity index (χ2v) is 9.03. The van der Waals surface area contributed by atoms with Gasteiger partial charge in [-0.1, -0.05) is 29.5 Å². The fraction of sp³-hybridized carbons (Fsp3) is 0.0769. The molecule has 4 aromatic rings. The fourth-order valence-electron chi connectivity index (χ4n) is 3.56. The van der Waals surface area contributed by atoms with Gasteiger partial charge in [-0.3, -0.25) is 14.4 Å². The van der Waals surface area contributed by atoms with E-state index in [1.807, 2.05) is 30.3 Å². The van der Waals surface area contributed by atoms with Crippen LogP contribution in [0.2, 0.25) is 0 Å². The number of benzene rings is 3. The third-order valence-corrected chi connectivity index (χ3v) is 6.10. The second kappa shape index (κ2) is 9.99. The normalized spacial score (nSPS) is 12.3. The van der Waals surface area contributed by atoms with Gasteiger partial charge in [0.2, 0.25) is 5.13 Å². The van der Waals surface area contributed by atoms with E-state index in [2.05, 4.69) is 15.5 Å². The number of hydrogen-bond donors (Lipinski definition) is 1. The van der Waals surface area contributed by atoms with Crippen LogP contribution in [-0.4, -0.2) is 40.5 Å². The number of carbonyl (C=O) groups is 4. The van der Waals surface area contributed by atoms with Crippen LogP contribution in [0.5, 0.6) is 11.5 Å². The number of para-hydroxylation sites is 1. The van der Waals surface area contributed by atoms with Gasteiger partial charge < -0.3 is 14.8 Å². The number of anilines is 2. The summed E-state index contributed by atoms with van der Waals surface area (Å²) < 4.78 is 10.8. The number of carbonyl (C=O) groups excluding carboxylic acids is 4. The van der Waals surface area contributed by atoms with Gasteiger partial charge >= 0.3 is 5.97 Å². The van der Waals surface area contributed by atoms with E-state index in [-0.39, 0.29) is 21.8 Å². The molecular formula is C26H18N4O6S. The highest BCUT2D eigenvalue weighted by Gasteiger charge is 2.39. The first kappa shape index (κ1) is 23.8. The molecule has 3 amide bonds. The summed E-state index contributed by atoms with van der Waals surface area (Å²) in [6.07, 6.45) is 0. The minimum absolute atomic E-state index is 0.0328. The third-order valence-electron chi connectivity index (χ3n) is 5.28. The molecule has 2 heterocycles. The molecule has 10 nitrogen and oxygen atoms in total. The molecule has 0 unspecified atom stereocenters. The lowest BCUT2D eigenvalue weighted by Crippen LogP contribution is -2.29. The molecule has 0 saturated heterocycles. The van der Waals surface area contributed by atoms with E-state index in [0.29, 0.717) is 22.2 Å². The Labute approximate surface area is 214 Å². The lowest BCUT2D eigenvalue weighted by Gasteiger charge is -2.09. The van der Waals surface area contributed by atoms with Gasteiger partial charge in [-0.25, -0.2) is 9.69 Å². The molecule has 1 N–H and O–H groups in total. The van der Waals surface area contributed by atoms with Crippen molar-refractivity contribution in [2.45, 2.75) is 6.92 Å². The number of amides is 3. The predicted octanol–water partition coefficient (Wildman–Crippen LogP) is 4.23. The van der Waals surface area contributed by atoms with Gasteiger partial charge in [0, 0.05) is 5.69 Å². The minimum atomic E-state index is -0.810. The van der Waals surface area contributed by atoms with Crippen molar-refractivity contribution in [2.24, 2.45) is 0 Å². The molecule has 0 radical (unpaired) electrons. The zero-order valence-corrected chi connectivity index (χ0v) is 20.2. The van der Waals surface area contributed by atoms with Crippen LogP contribution in [0.15, 0.2) is 72.8 Å². The van der Waals surface area contributed by atoms with Gasteiger partial charge in [0.1, 0.15) is 16.5 Å². The molecule has 1 aromatic heterocycles. The Morgan fingerprint density at radius 1 is 0.892 bits per heavy atom. The number of esters is 1. The maximum absolute atomic E-state index is 12.8. The average Bonchev–Trinajstić information content (AvgIpc) is 3.44. The van der Waals surface area contributed by atoms with Crippen molar-refractivity contribution >= 4 is 45.8 Å². The summed E-state index contributed by atoms with van der Waals surface area (Å²) in [6.45, 7) is 1.17. The number of aromatic nitrogens is 2. The van der Waals surface area contributed by atoms with E-state index < -0.39 is 30.3 Å². The van der Waals surface area contributed by atoms with Gasteiger partial charge in [-0.2, -0.15) is 0 Å². The van der Waals surface area contributed by atoms with E-state index in [0.717, 1.165) is 16.2 Å². The van der Waals surface area contributed by atoms with E-state index >= 15 is 0 Å². The van der Waals surface area contributed by atoms with Gasteiger partial charge in [0.25, 0.3) is 17.7 Å². The fourth-order valence-corrected chi connectivity index (χ4v) is 4.25. The van der Waals surface area contributed by atoms with Crippen molar-refractivity contribution in [3.05, 3.63) is 94.5 Å². The minimum Gasteiger partial charge on any atom is -0.457 e. The van der Waals surface area contributed by atoms with Crippen molar-refractivity contribution in [3.8, 4) is 11.5 Å². The van der Waals surface area contributed by atoms with Gasteiger partial charge in [-0.15, -0.1) is 10.2 Å². The molecule has 37 heavy (non-hydrogen) atoms. The Balaban J connectivity index is 1.18. The third kappa shape index (κ3) is 5.07. The smallest absolute Gasteiger partial charge is 0.338 e. The van der Waals surface area contributed by atoms with Crippen LogP contribution < -0.4 is 15.0 Å². The van der Waals surface area contributed by atoms with E-state index in [4.69, 9.17) is 9.47 Å². The monoisotopic (exact) mass is 514 g/mol. The number of rotatable bonds is 7. The van der Waals surface area contributed by atoms with Crippen molar-refractivity contribution in [3.63, 3.8) is 0 Å². The number of aryl methyl sites for hydroxylation is 1. The number of nitrogens with one attached hydrogen (secondary N) is 1. The predicted molar refractivity (Wildman–Crippen MR) is 134 cm³/mol. The van der Waals surface area contributed by atoms with Crippen LogP contribution in [0.1, 0.15) is 36.1 Å². The summed E-state index contributed by atoms with van der Waals surface area (Å²) in [5.74, 6) is -1.23. The van der Waals surface area contributed by atoms with Crippen molar-refractivity contribution in [1.82, 2.24) is 10.2 Å². The van der Waals surface area contributed by atoms with Crippen LogP contribution in [0, 0.1) is 6.92 Å². The molecule has 3 aromatic carbocycles. The second-order valence-electron chi connectivity index (χ2n) is 7.87. The van der Waals surface area contributed by atoms with Crippen LogP contribution in [0.3, 0.4) is 0 Å².